The first-order chi connectivity index (χ1) is 16.3. The number of thiazole rings is 1. The van der Waals surface area contributed by atoms with E-state index in [-0.39, 0.29) is 23.1 Å². The number of amides is 3. The fourth-order valence-corrected chi connectivity index (χ4v) is 5.85. The Balaban J connectivity index is 1.64. The van der Waals surface area contributed by atoms with Crippen LogP contribution in [0.25, 0.3) is 0 Å². The molecule has 1 aromatic heterocycles. The van der Waals surface area contributed by atoms with Gasteiger partial charge in [-0.15, -0.1) is 11.3 Å². The molecule has 0 saturated heterocycles. The number of rotatable bonds is 6. The number of imide groups is 1. The molecule has 7 nitrogen and oxygen atoms in total. The minimum Gasteiger partial charge on any atom is -0.496 e. The van der Waals surface area contributed by atoms with Crippen LogP contribution in [0.3, 0.4) is 0 Å². The smallest absolute Gasteiger partial charge is 0.255 e. The van der Waals surface area contributed by atoms with Gasteiger partial charge in [-0.2, -0.15) is 0 Å². The molecular weight excluding hydrogens is 450 g/mol. The molecule has 8 heteroatoms. The van der Waals surface area contributed by atoms with Crippen LogP contribution in [0.2, 0.25) is 0 Å². The fraction of sp³-hybridized carbons (Fsp3) is 0.308. The molecule has 0 fully saturated rings. The summed E-state index contributed by atoms with van der Waals surface area (Å²) < 4.78 is 5.35. The van der Waals surface area contributed by atoms with Gasteiger partial charge in [0.25, 0.3) is 5.91 Å². The Labute approximate surface area is 202 Å². The normalized spacial score (nSPS) is 16.9. The van der Waals surface area contributed by atoms with Crippen molar-refractivity contribution in [3.8, 4) is 5.75 Å². The molecule has 1 aliphatic carbocycles. The van der Waals surface area contributed by atoms with Crippen LogP contribution in [-0.4, -0.2) is 36.4 Å². The van der Waals surface area contributed by atoms with E-state index in [2.05, 4.69) is 22.4 Å². The second-order valence-electron chi connectivity index (χ2n) is 8.45. The van der Waals surface area contributed by atoms with Crippen LogP contribution in [-0.2, 0) is 27.8 Å². The highest BCUT2D eigenvalue weighted by Crippen LogP contribution is 2.42. The van der Waals surface area contributed by atoms with E-state index in [1.54, 1.807) is 19.2 Å². The van der Waals surface area contributed by atoms with E-state index >= 15 is 0 Å². The van der Waals surface area contributed by atoms with Gasteiger partial charge >= 0.3 is 0 Å². The Morgan fingerprint density at radius 3 is 2.41 bits per heavy atom. The molecule has 3 amide bonds. The molecule has 34 heavy (non-hydrogen) atoms. The largest absolute Gasteiger partial charge is 0.496 e. The zero-order valence-corrected chi connectivity index (χ0v) is 20.3. The number of methoxy groups -OCH3 is 1. The van der Waals surface area contributed by atoms with Gasteiger partial charge in [0.1, 0.15) is 5.75 Å². The Hall–Kier alpha value is -3.52. The number of para-hydroxylation sites is 1. The van der Waals surface area contributed by atoms with Crippen LogP contribution in [0.5, 0.6) is 5.75 Å². The van der Waals surface area contributed by atoms with Crippen LogP contribution in [0.4, 0.5) is 5.13 Å². The molecule has 0 saturated carbocycles. The number of hydrogen-bond donors (Lipinski definition) is 1. The van der Waals surface area contributed by atoms with Crippen molar-refractivity contribution in [3.63, 3.8) is 0 Å². The van der Waals surface area contributed by atoms with Gasteiger partial charge in [0.05, 0.1) is 18.4 Å². The summed E-state index contributed by atoms with van der Waals surface area (Å²) in [5.41, 5.74) is 2.19. The first-order valence-corrected chi connectivity index (χ1v) is 11.9. The lowest BCUT2D eigenvalue weighted by Crippen LogP contribution is -2.44. The maximum Gasteiger partial charge on any atom is 0.255 e. The van der Waals surface area contributed by atoms with Gasteiger partial charge in [-0.05, 0) is 37.0 Å². The first kappa shape index (κ1) is 23.6. The quantitative estimate of drug-likeness (QED) is 0.582. The summed E-state index contributed by atoms with van der Waals surface area (Å²) in [6.07, 6.45) is 2.12. The molecule has 176 valence electrons. The van der Waals surface area contributed by atoms with E-state index in [0.29, 0.717) is 35.8 Å². The van der Waals surface area contributed by atoms with Gasteiger partial charge in [0, 0.05) is 30.7 Å². The SMILES string of the molecule is COc1ccccc1C(=O)NCC1(c2ccccc2)CCc2nc(N(C(C)=O)C(C)=O)sc2C1. The van der Waals surface area contributed by atoms with Crippen molar-refractivity contribution in [2.75, 3.05) is 18.6 Å². The number of aromatic nitrogens is 1. The predicted octanol–water partition coefficient (Wildman–Crippen LogP) is 3.91. The molecule has 0 radical (unpaired) electrons. The number of benzene rings is 2. The second kappa shape index (κ2) is 9.77. The number of fused-ring (bicyclic) bond motifs is 1. The number of ether oxygens (including phenoxy) is 1. The van der Waals surface area contributed by atoms with Crippen LogP contribution in [0.15, 0.2) is 54.6 Å². The van der Waals surface area contributed by atoms with Crippen molar-refractivity contribution in [3.05, 3.63) is 76.3 Å². The van der Waals surface area contributed by atoms with Crippen LogP contribution in [0, 0.1) is 0 Å². The molecule has 1 unspecified atom stereocenters. The van der Waals surface area contributed by atoms with Crippen molar-refractivity contribution in [2.24, 2.45) is 0 Å². The number of anilines is 1. The molecule has 1 N–H and O–H groups in total. The van der Waals surface area contributed by atoms with Gasteiger partial charge in [0.15, 0.2) is 5.13 Å². The maximum atomic E-state index is 13.0. The number of carbonyl (C=O) groups excluding carboxylic acids is 3. The average Bonchev–Trinajstić information content (AvgIpc) is 3.24. The molecule has 1 aliphatic rings. The fourth-order valence-electron chi connectivity index (χ4n) is 4.51. The molecule has 1 heterocycles. The molecule has 3 aromatic rings. The summed E-state index contributed by atoms with van der Waals surface area (Å²) in [6.45, 7) is 3.16. The van der Waals surface area contributed by atoms with E-state index < -0.39 is 0 Å². The van der Waals surface area contributed by atoms with Crippen LogP contribution < -0.4 is 15.0 Å². The third-order valence-electron chi connectivity index (χ3n) is 6.25. The van der Waals surface area contributed by atoms with Gasteiger partial charge in [-0.3, -0.25) is 14.4 Å². The highest BCUT2D eigenvalue weighted by molar-refractivity contribution is 7.16. The van der Waals surface area contributed by atoms with Crippen molar-refractivity contribution in [1.82, 2.24) is 10.3 Å². The second-order valence-corrected chi connectivity index (χ2v) is 9.51. The highest BCUT2D eigenvalue weighted by atomic mass is 32.1. The van der Waals surface area contributed by atoms with Crippen LogP contribution in [0.1, 0.15) is 46.8 Å². The average molecular weight is 478 g/mol. The third-order valence-corrected chi connectivity index (χ3v) is 7.34. The standard InChI is InChI=1S/C26H27N3O4S/c1-17(30)29(18(2)31)25-28-21-13-14-26(15-23(21)34-25,19-9-5-4-6-10-19)16-27-24(32)20-11-7-8-12-22(20)33-3/h4-12H,13-16H2,1-3H3,(H,27,32). The highest BCUT2D eigenvalue weighted by Gasteiger charge is 2.39. The minimum absolute atomic E-state index is 0.192. The Morgan fingerprint density at radius 1 is 1.06 bits per heavy atom. The predicted molar refractivity (Wildman–Crippen MR) is 131 cm³/mol. The Morgan fingerprint density at radius 2 is 1.74 bits per heavy atom. The molecular formula is C26H27N3O4S. The Bertz CT molecular complexity index is 1210. The zero-order valence-electron chi connectivity index (χ0n) is 19.5. The van der Waals surface area contributed by atoms with E-state index in [0.717, 1.165) is 27.5 Å². The summed E-state index contributed by atoms with van der Waals surface area (Å²) in [5.74, 6) is -0.364. The third kappa shape index (κ3) is 4.59. The number of nitrogens with zero attached hydrogens (tertiary/aromatic N) is 2. The van der Waals surface area contributed by atoms with E-state index in [4.69, 9.17) is 4.74 Å². The lowest BCUT2D eigenvalue weighted by atomic mass is 9.70. The summed E-state index contributed by atoms with van der Waals surface area (Å²) in [4.78, 5) is 43.9. The topological polar surface area (TPSA) is 88.6 Å². The zero-order chi connectivity index (χ0) is 24.3. The monoisotopic (exact) mass is 477 g/mol. The number of nitrogens with one attached hydrogen (secondary N) is 1. The molecule has 0 aliphatic heterocycles. The van der Waals surface area contributed by atoms with Gasteiger partial charge < -0.3 is 10.1 Å². The van der Waals surface area contributed by atoms with E-state index in [1.807, 2.05) is 30.3 Å². The van der Waals surface area contributed by atoms with Gasteiger partial charge in [-0.25, -0.2) is 9.88 Å². The first-order valence-electron chi connectivity index (χ1n) is 11.1. The lowest BCUT2D eigenvalue weighted by Gasteiger charge is -2.37. The minimum atomic E-state index is -0.350. The summed E-state index contributed by atoms with van der Waals surface area (Å²) in [7, 11) is 1.55. The number of aryl methyl sites for hydroxylation is 1. The van der Waals surface area contributed by atoms with Crippen molar-refractivity contribution < 1.29 is 19.1 Å². The van der Waals surface area contributed by atoms with Gasteiger partial charge in [-0.1, -0.05) is 42.5 Å². The van der Waals surface area contributed by atoms with Crippen molar-refractivity contribution >= 4 is 34.2 Å². The molecule has 1 atom stereocenters. The van der Waals surface area contributed by atoms with E-state index in [1.165, 1.54) is 25.2 Å². The molecule has 0 spiro atoms. The van der Waals surface area contributed by atoms with Gasteiger partial charge in [0.2, 0.25) is 11.8 Å². The molecule has 0 bridgehead atoms. The molecule has 4 rings (SSSR count). The summed E-state index contributed by atoms with van der Waals surface area (Å²) in [5, 5.41) is 3.54. The van der Waals surface area contributed by atoms with Crippen molar-refractivity contribution in [1.29, 1.82) is 0 Å². The lowest BCUT2D eigenvalue weighted by molar-refractivity contribution is -0.124. The summed E-state index contributed by atoms with van der Waals surface area (Å²) in [6, 6.07) is 17.3. The molecule has 2 aromatic carbocycles. The number of carbonyl (C=O) groups is 3. The summed E-state index contributed by atoms with van der Waals surface area (Å²) >= 11 is 1.37. The van der Waals surface area contributed by atoms with E-state index in [9.17, 15) is 14.4 Å². The van der Waals surface area contributed by atoms with Crippen molar-refractivity contribution in [2.45, 2.75) is 38.5 Å². The maximum absolute atomic E-state index is 13.0. The van der Waals surface area contributed by atoms with Crippen LogP contribution >= 0.6 is 11.3 Å². The number of hydrogen-bond acceptors (Lipinski definition) is 6. The Kier molecular flexibility index (Phi) is 6.79.